The van der Waals surface area contributed by atoms with Gasteiger partial charge in [-0.1, -0.05) is 12.1 Å². The summed E-state index contributed by atoms with van der Waals surface area (Å²) in [6.45, 7) is -0.111. The van der Waals surface area contributed by atoms with Gasteiger partial charge in [-0.15, -0.1) is 0 Å². The van der Waals surface area contributed by atoms with Crippen LogP contribution in [0.2, 0.25) is 0 Å². The first-order valence-corrected chi connectivity index (χ1v) is 9.12. The van der Waals surface area contributed by atoms with Crippen LogP contribution in [0.5, 0.6) is 11.5 Å². The van der Waals surface area contributed by atoms with Crippen LogP contribution in [0.25, 0.3) is 0 Å². The normalized spacial score (nSPS) is 11.1. The van der Waals surface area contributed by atoms with Crippen LogP contribution >= 0.6 is 0 Å². The fraction of sp³-hybridized carbons (Fsp3) is 0.182. The molecule has 0 saturated carbocycles. The summed E-state index contributed by atoms with van der Waals surface area (Å²) in [5.41, 5.74) is -0.910. The number of nitrogens with zero attached hydrogens (tertiary/aromatic N) is 1. The molecular formula is C22H19F3N2O4. The zero-order chi connectivity index (χ0) is 22.6. The molecular weight excluding hydrogens is 413 g/mol. The molecule has 0 fully saturated rings. The van der Waals surface area contributed by atoms with Crippen molar-refractivity contribution in [1.29, 1.82) is 0 Å². The van der Waals surface area contributed by atoms with Crippen molar-refractivity contribution in [2.45, 2.75) is 12.7 Å². The zero-order valence-electron chi connectivity index (χ0n) is 16.7. The number of benzene rings is 2. The van der Waals surface area contributed by atoms with Gasteiger partial charge in [-0.25, -0.2) is 0 Å². The molecule has 1 N–H and O–H groups in total. The molecule has 3 aromatic rings. The third-order valence-corrected chi connectivity index (χ3v) is 4.51. The molecule has 0 aliphatic heterocycles. The fourth-order valence-corrected chi connectivity index (χ4v) is 2.99. The van der Waals surface area contributed by atoms with Gasteiger partial charge in [-0.2, -0.15) is 13.2 Å². The summed E-state index contributed by atoms with van der Waals surface area (Å²) >= 11 is 0. The first-order valence-electron chi connectivity index (χ1n) is 9.12. The number of hydrogen-bond donors (Lipinski definition) is 1. The third-order valence-electron chi connectivity index (χ3n) is 4.51. The van der Waals surface area contributed by atoms with E-state index in [1.807, 2.05) is 0 Å². The Kier molecular flexibility index (Phi) is 6.33. The molecule has 1 aromatic heterocycles. The highest BCUT2D eigenvalue weighted by molar-refractivity contribution is 6.04. The molecule has 31 heavy (non-hydrogen) atoms. The molecule has 0 bridgehead atoms. The number of hydrogen-bond acceptors (Lipinski definition) is 4. The molecule has 0 unspecified atom stereocenters. The number of carbonyl (C=O) groups is 1. The Hall–Kier alpha value is -3.75. The Morgan fingerprint density at radius 3 is 2.42 bits per heavy atom. The summed E-state index contributed by atoms with van der Waals surface area (Å²) in [6, 6.07) is 12.3. The van der Waals surface area contributed by atoms with Gasteiger partial charge in [-0.3, -0.25) is 9.59 Å². The number of halogens is 3. The number of alkyl halides is 3. The Morgan fingerprint density at radius 2 is 1.74 bits per heavy atom. The van der Waals surface area contributed by atoms with Crippen molar-refractivity contribution in [3.8, 4) is 11.5 Å². The van der Waals surface area contributed by atoms with Crippen molar-refractivity contribution in [3.05, 3.63) is 87.8 Å². The van der Waals surface area contributed by atoms with Crippen molar-refractivity contribution in [2.75, 3.05) is 19.5 Å². The van der Waals surface area contributed by atoms with E-state index >= 15 is 0 Å². The smallest absolute Gasteiger partial charge is 0.416 e. The molecule has 0 atom stereocenters. The highest BCUT2D eigenvalue weighted by Gasteiger charge is 2.30. The molecule has 3 rings (SSSR count). The Labute approximate surface area is 175 Å². The second-order valence-corrected chi connectivity index (χ2v) is 6.58. The Morgan fingerprint density at radius 1 is 1.00 bits per heavy atom. The van der Waals surface area contributed by atoms with E-state index in [1.165, 1.54) is 49.2 Å². The van der Waals surface area contributed by atoms with Gasteiger partial charge in [0.1, 0.15) is 5.56 Å². The van der Waals surface area contributed by atoms with E-state index in [2.05, 4.69) is 5.32 Å². The summed E-state index contributed by atoms with van der Waals surface area (Å²) in [7, 11) is 2.93. The number of anilines is 1. The number of carbonyl (C=O) groups excluding carboxylic acids is 1. The summed E-state index contributed by atoms with van der Waals surface area (Å²) in [5, 5.41) is 2.61. The van der Waals surface area contributed by atoms with E-state index in [-0.39, 0.29) is 17.7 Å². The molecule has 2 aromatic carbocycles. The highest BCUT2D eigenvalue weighted by Crippen LogP contribution is 2.30. The second kappa shape index (κ2) is 8.95. The number of aromatic nitrogens is 1. The molecule has 6 nitrogen and oxygen atoms in total. The van der Waals surface area contributed by atoms with Gasteiger partial charge >= 0.3 is 6.18 Å². The minimum absolute atomic E-state index is 0.111. The second-order valence-electron chi connectivity index (χ2n) is 6.58. The number of methoxy groups -OCH3 is 2. The SMILES string of the molecule is COc1ccc(NC(=O)c2cccn(Cc3cccc(C(F)(F)F)c3)c2=O)cc1OC. The lowest BCUT2D eigenvalue weighted by molar-refractivity contribution is -0.137. The lowest BCUT2D eigenvalue weighted by Crippen LogP contribution is -2.29. The van der Waals surface area contributed by atoms with Crippen molar-refractivity contribution < 1.29 is 27.4 Å². The van der Waals surface area contributed by atoms with Crippen LogP contribution in [-0.4, -0.2) is 24.7 Å². The predicted octanol–water partition coefficient (Wildman–Crippen LogP) is 4.18. The summed E-state index contributed by atoms with van der Waals surface area (Å²) in [4.78, 5) is 25.4. The van der Waals surface area contributed by atoms with Gasteiger partial charge in [0.05, 0.1) is 26.3 Å². The quantitative estimate of drug-likeness (QED) is 0.634. The number of amides is 1. The maximum absolute atomic E-state index is 12.9. The number of nitrogens with one attached hydrogen (secondary N) is 1. The summed E-state index contributed by atoms with van der Waals surface area (Å²) in [5.74, 6) is 0.217. The Bertz CT molecular complexity index is 1160. The molecule has 1 heterocycles. The molecule has 162 valence electrons. The highest BCUT2D eigenvalue weighted by atomic mass is 19.4. The van der Waals surface area contributed by atoms with Crippen molar-refractivity contribution in [3.63, 3.8) is 0 Å². The third kappa shape index (κ3) is 5.06. The van der Waals surface area contributed by atoms with E-state index in [4.69, 9.17) is 9.47 Å². The summed E-state index contributed by atoms with van der Waals surface area (Å²) in [6.07, 6.45) is -3.07. The van der Waals surface area contributed by atoms with Crippen LogP contribution in [-0.2, 0) is 12.7 Å². The van der Waals surface area contributed by atoms with E-state index in [0.29, 0.717) is 17.2 Å². The largest absolute Gasteiger partial charge is 0.493 e. The Balaban J connectivity index is 1.84. The van der Waals surface area contributed by atoms with E-state index < -0.39 is 23.2 Å². The van der Waals surface area contributed by atoms with Crippen molar-refractivity contribution in [1.82, 2.24) is 4.57 Å². The van der Waals surface area contributed by atoms with Crippen LogP contribution in [0.1, 0.15) is 21.5 Å². The van der Waals surface area contributed by atoms with Crippen LogP contribution in [0.4, 0.5) is 18.9 Å². The molecule has 1 amide bonds. The molecule has 0 radical (unpaired) electrons. The van der Waals surface area contributed by atoms with E-state index in [9.17, 15) is 22.8 Å². The topological polar surface area (TPSA) is 69.6 Å². The minimum Gasteiger partial charge on any atom is -0.493 e. The number of ether oxygens (including phenoxy) is 2. The molecule has 0 aliphatic carbocycles. The lowest BCUT2D eigenvalue weighted by Gasteiger charge is -2.12. The molecule has 0 aliphatic rings. The monoisotopic (exact) mass is 432 g/mol. The average Bonchev–Trinajstić information content (AvgIpc) is 2.74. The molecule has 0 saturated heterocycles. The maximum Gasteiger partial charge on any atom is 0.416 e. The first-order chi connectivity index (χ1) is 14.7. The molecule has 9 heteroatoms. The molecule has 0 spiro atoms. The van der Waals surface area contributed by atoms with E-state index in [1.54, 1.807) is 18.2 Å². The fourth-order valence-electron chi connectivity index (χ4n) is 2.99. The van der Waals surface area contributed by atoms with Crippen LogP contribution in [0.3, 0.4) is 0 Å². The van der Waals surface area contributed by atoms with Crippen molar-refractivity contribution >= 4 is 11.6 Å². The minimum atomic E-state index is -4.48. The van der Waals surface area contributed by atoms with Crippen LogP contribution < -0.4 is 20.3 Å². The van der Waals surface area contributed by atoms with Crippen molar-refractivity contribution in [2.24, 2.45) is 0 Å². The zero-order valence-corrected chi connectivity index (χ0v) is 16.7. The van der Waals surface area contributed by atoms with E-state index in [0.717, 1.165) is 12.1 Å². The predicted molar refractivity (Wildman–Crippen MR) is 109 cm³/mol. The lowest BCUT2D eigenvalue weighted by atomic mass is 10.1. The first kappa shape index (κ1) is 21.9. The summed E-state index contributed by atoms with van der Waals surface area (Å²) < 4.78 is 50.3. The van der Waals surface area contributed by atoms with Gasteiger partial charge in [-0.05, 0) is 42.0 Å². The van der Waals surface area contributed by atoms with Gasteiger partial charge < -0.3 is 19.4 Å². The standard InChI is InChI=1S/C22H19F3N2O4/c1-30-18-9-8-16(12-19(18)31-2)26-20(28)17-7-4-10-27(21(17)29)13-14-5-3-6-15(11-14)22(23,24)25/h3-12H,13H2,1-2H3,(H,26,28). The van der Waals surface area contributed by atoms with Gasteiger partial charge in [0.2, 0.25) is 0 Å². The van der Waals surface area contributed by atoms with Gasteiger partial charge in [0, 0.05) is 18.0 Å². The number of rotatable bonds is 6. The van der Waals surface area contributed by atoms with Gasteiger partial charge in [0.15, 0.2) is 11.5 Å². The van der Waals surface area contributed by atoms with Crippen LogP contribution in [0, 0.1) is 0 Å². The number of pyridine rings is 1. The van der Waals surface area contributed by atoms with Crippen LogP contribution in [0.15, 0.2) is 65.6 Å². The average molecular weight is 432 g/mol. The maximum atomic E-state index is 12.9. The van der Waals surface area contributed by atoms with Gasteiger partial charge in [0.25, 0.3) is 11.5 Å².